The van der Waals surface area contributed by atoms with Crippen LogP contribution in [0.1, 0.15) is 23.2 Å². The fourth-order valence-corrected chi connectivity index (χ4v) is 3.38. The van der Waals surface area contributed by atoms with Gasteiger partial charge in [0.2, 0.25) is 0 Å². The molecule has 12 heteroatoms. The van der Waals surface area contributed by atoms with Crippen LogP contribution in [0.3, 0.4) is 0 Å². The van der Waals surface area contributed by atoms with Gasteiger partial charge < -0.3 is 24.8 Å². The van der Waals surface area contributed by atoms with Crippen LogP contribution in [0, 0.1) is 0 Å². The first-order valence-corrected chi connectivity index (χ1v) is 10.0. The van der Waals surface area contributed by atoms with Crippen LogP contribution in [0.5, 0.6) is 17.2 Å². The van der Waals surface area contributed by atoms with E-state index in [0.29, 0.717) is 47.7 Å². The monoisotopic (exact) mass is 574 g/mol. The summed E-state index contributed by atoms with van der Waals surface area (Å²) in [5.41, 5.74) is -0.116. The summed E-state index contributed by atoms with van der Waals surface area (Å²) in [6, 6.07) is 3.49. The molecule has 2 rings (SSSR count). The molecule has 7 nitrogen and oxygen atoms in total. The molecule has 0 radical (unpaired) electrons. The van der Waals surface area contributed by atoms with Crippen molar-refractivity contribution in [2.75, 3.05) is 34.4 Å². The van der Waals surface area contributed by atoms with E-state index in [1.165, 1.54) is 0 Å². The lowest BCUT2D eigenvalue weighted by Gasteiger charge is -2.15. The highest BCUT2D eigenvalue weighted by Crippen LogP contribution is 2.34. The topological polar surface area (TPSA) is 77.0 Å². The maximum Gasteiger partial charge on any atom is 0.434 e. The Bertz CT molecular complexity index is 837. The van der Waals surface area contributed by atoms with E-state index in [-0.39, 0.29) is 30.5 Å². The number of aliphatic imine (C=N–C) groups is 1. The van der Waals surface area contributed by atoms with Gasteiger partial charge in [0.1, 0.15) is 17.2 Å². The number of aromatic nitrogens is 1. The average molecular weight is 574 g/mol. The van der Waals surface area contributed by atoms with E-state index in [0.717, 1.165) is 22.3 Å². The molecule has 2 aromatic rings. The zero-order valence-electron chi connectivity index (χ0n) is 17.6. The molecule has 0 saturated heterocycles. The maximum atomic E-state index is 12.7. The zero-order chi connectivity index (χ0) is 22.1. The van der Waals surface area contributed by atoms with Crippen LogP contribution in [-0.4, -0.2) is 45.4 Å². The van der Waals surface area contributed by atoms with Crippen LogP contribution in [0.15, 0.2) is 22.5 Å². The fourth-order valence-electron chi connectivity index (χ4n) is 2.58. The molecule has 0 aliphatic heterocycles. The second kappa shape index (κ2) is 12.8. The Kier molecular flexibility index (Phi) is 11.2. The van der Waals surface area contributed by atoms with Crippen molar-refractivity contribution in [2.24, 2.45) is 4.99 Å². The zero-order valence-corrected chi connectivity index (χ0v) is 20.8. The van der Waals surface area contributed by atoms with Crippen molar-refractivity contribution in [3.63, 3.8) is 0 Å². The van der Waals surface area contributed by atoms with Crippen molar-refractivity contribution < 1.29 is 27.4 Å². The van der Waals surface area contributed by atoms with Crippen molar-refractivity contribution >= 4 is 41.3 Å². The molecule has 0 atom stereocenters. The minimum absolute atomic E-state index is 0. The number of ether oxygens (including phenoxy) is 3. The highest BCUT2D eigenvalue weighted by atomic mass is 127. The van der Waals surface area contributed by atoms with Gasteiger partial charge in [-0.25, -0.2) is 9.98 Å². The molecule has 0 spiro atoms. The minimum atomic E-state index is -4.42. The number of benzene rings is 1. The summed E-state index contributed by atoms with van der Waals surface area (Å²) < 4.78 is 54.1. The van der Waals surface area contributed by atoms with Crippen LogP contribution in [0.2, 0.25) is 0 Å². The van der Waals surface area contributed by atoms with E-state index in [4.69, 9.17) is 14.2 Å². The summed E-state index contributed by atoms with van der Waals surface area (Å²) in [5, 5.41) is 7.64. The molecule has 0 amide bonds. The fraction of sp³-hybridized carbons (Fsp3) is 0.474. The second-order valence-corrected chi connectivity index (χ2v) is 6.95. The Balaban J connectivity index is 0.00000480. The highest BCUT2D eigenvalue weighted by Gasteiger charge is 2.33. The number of methoxy groups -OCH3 is 3. The third-order valence-corrected chi connectivity index (χ3v) is 4.94. The van der Waals surface area contributed by atoms with Crippen molar-refractivity contribution in [2.45, 2.75) is 26.1 Å². The lowest BCUT2D eigenvalue weighted by molar-refractivity contribution is -0.140. The molecule has 174 valence electrons. The summed E-state index contributed by atoms with van der Waals surface area (Å²) in [5.74, 6) is 2.27. The average Bonchev–Trinajstić information content (AvgIpc) is 3.20. The molecular formula is C19H26F3IN4O3S. The quantitative estimate of drug-likeness (QED) is 0.267. The molecule has 0 fully saturated rings. The third kappa shape index (κ3) is 7.91. The standard InChI is InChI=1S/C19H25F3N4O3S.HI/c1-5-23-18(24-7-6-17-26-16(11-30-17)19(20,21)22)25-10-13-14(28-3)8-12(27-2)9-15(13)29-4;/h8-9,11H,5-7,10H2,1-4H3,(H2,23,24,25);1H. The number of alkyl halides is 3. The van der Waals surface area contributed by atoms with Crippen molar-refractivity contribution in [1.82, 2.24) is 15.6 Å². The number of thiazole rings is 1. The summed E-state index contributed by atoms with van der Waals surface area (Å²) >= 11 is 0.989. The van der Waals surface area contributed by atoms with Gasteiger partial charge in [-0.3, -0.25) is 0 Å². The molecular weight excluding hydrogens is 548 g/mol. The summed E-state index contributed by atoms with van der Waals surface area (Å²) in [4.78, 5) is 8.16. The molecule has 0 bridgehead atoms. The second-order valence-electron chi connectivity index (χ2n) is 6.01. The molecule has 0 aliphatic carbocycles. The molecule has 0 saturated carbocycles. The Morgan fingerprint density at radius 1 is 1.10 bits per heavy atom. The Morgan fingerprint density at radius 2 is 1.74 bits per heavy atom. The molecule has 1 heterocycles. The van der Waals surface area contributed by atoms with Gasteiger partial charge in [0, 0.05) is 37.0 Å². The van der Waals surface area contributed by atoms with Crippen molar-refractivity contribution in [3.05, 3.63) is 33.8 Å². The van der Waals surface area contributed by atoms with Gasteiger partial charge in [-0.2, -0.15) is 13.2 Å². The SMILES string of the molecule is CCNC(=NCc1c(OC)cc(OC)cc1OC)NCCc1nc(C(F)(F)F)cs1.I. The molecule has 1 aromatic carbocycles. The lowest BCUT2D eigenvalue weighted by atomic mass is 10.1. The Labute approximate surface area is 200 Å². The number of hydrogen-bond acceptors (Lipinski definition) is 6. The van der Waals surface area contributed by atoms with E-state index < -0.39 is 11.9 Å². The van der Waals surface area contributed by atoms with E-state index in [1.807, 2.05) is 6.92 Å². The van der Waals surface area contributed by atoms with Gasteiger partial charge in [-0.1, -0.05) is 0 Å². The third-order valence-electron chi connectivity index (χ3n) is 4.03. The molecule has 1 aromatic heterocycles. The predicted octanol–water partition coefficient (Wildman–Crippen LogP) is 4.10. The predicted molar refractivity (Wildman–Crippen MR) is 125 cm³/mol. The number of hydrogen-bond donors (Lipinski definition) is 2. The van der Waals surface area contributed by atoms with Gasteiger partial charge in [-0.15, -0.1) is 35.3 Å². The van der Waals surface area contributed by atoms with Gasteiger partial charge in [0.25, 0.3) is 0 Å². The Hall–Kier alpha value is -1.96. The number of rotatable bonds is 9. The first kappa shape index (κ1) is 27.1. The van der Waals surface area contributed by atoms with Crippen LogP contribution in [-0.2, 0) is 19.1 Å². The first-order chi connectivity index (χ1) is 14.3. The lowest BCUT2D eigenvalue weighted by Crippen LogP contribution is -2.38. The number of nitrogens with zero attached hydrogens (tertiary/aromatic N) is 2. The first-order valence-electron chi connectivity index (χ1n) is 9.15. The minimum Gasteiger partial charge on any atom is -0.496 e. The van der Waals surface area contributed by atoms with Gasteiger partial charge in [-0.05, 0) is 6.92 Å². The van der Waals surface area contributed by atoms with E-state index >= 15 is 0 Å². The van der Waals surface area contributed by atoms with Crippen LogP contribution in [0.25, 0.3) is 0 Å². The van der Waals surface area contributed by atoms with E-state index in [9.17, 15) is 13.2 Å². The summed E-state index contributed by atoms with van der Waals surface area (Å²) in [6.07, 6.45) is -4.07. The van der Waals surface area contributed by atoms with Crippen LogP contribution in [0.4, 0.5) is 13.2 Å². The molecule has 31 heavy (non-hydrogen) atoms. The summed E-state index contributed by atoms with van der Waals surface area (Å²) in [7, 11) is 4.65. The van der Waals surface area contributed by atoms with Crippen LogP contribution < -0.4 is 24.8 Å². The van der Waals surface area contributed by atoms with E-state index in [2.05, 4.69) is 20.6 Å². The van der Waals surface area contributed by atoms with Gasteiger partial charge in [0.05, 0.1) is 38.4 Å². The van der Waals surface area contributed by atoms with E-state index in [1.54, 1.807) is 33.5 Å². The largest absolute Gasteiger partial charge is 0.496 e. The molecule has 2 N–H and O–H groups in total. The number of nitrogens with one attached hydrogen (secondary N) is 2. The van der Waals surface area contributed by atoms with Crippen LogP contribution >= 0.6 is 35.3 Å². The van der Waals surface area contributed by atoms with Crippen molar-refractivity contribution in [1.29, 1.82) is 0 Å². The number of guanidine groups is 1. The van der Waals surface area contributed by atoms with Gasteiger partial charge >= 0.3 is 6.18 Å². The molecule has 0 unspecified atom stereocenters. The van der Waals surface area contributed by atoms with Gasteiger partial charge in [0.15, 0.2) is 11.7 Å². The number of halogens is 4. The summed E-state index contributed by atoms with van der Waals surface area (Å²) in [6.45, 7) is 3.19. The maximum absolute atomic E-state index is 12.7. The molecule has 0 aliphatic rings. The normalized spacial score (nSPS) is 11.5. The Morgan fingerprint density at radius 3 is 2.23 bits per heavy atom. The highest BCUT2D eigenvalue weighted by molar-refractivity contribution is 14.0. The smallest absolute Gasteiger partial charge is 0.434 e. The van der Waals surface area contributed by atoms with Crippen molar-refractivity contribution in [3.8, 4) is 17.2 Å².